The highest BCUT2D eigenvalue weighted by Crippen LogP contribution is 2.24. The third-order valence-corrected chi connectivity index (χ3v) is 2.26. The van der Waals surface area contributed by atoms with Crippen molar-refractivity contribution in [3.05, 3.63) is 0 Å². The maximum absolute atomic E-state index is 3.57. The Kier molecular flexibility index (Phi) is 2.72. The van der Waals surface area contributed by atoms with Gasteiger partial charge in [0.25, 0.3) is 0 Å². The Morgan fingerprint density at radius 3 is 2.40 bits per heavy atom. The summed E-state index contributed by atoms with van der Waals surface area (Å²) in [7, 11) is 0. The summed E-state index contributed by atoms with van der Waals surface area (Å²) in [4.78, 5) is 0. The molecule has 1 heteroatoms. The van der Waals surface area contributed by atoms with E-state index < -0.39 is 0 Å². The molecule has 1 rings (SSSR count). The van der Waals surface area contributed by atoms with Gasteiger partial charge in [0.1, 0.15) is 0 Å². The van der Waals surface area contributed by atoms with Gasteiger partial charge < -0.3 is 5.32 Å². The number of hydrogen-bond donors (Lipinski definition) is 1. The zero-order valence-corrected chi connectivity index (χ0v) is 7.35. The molecule has 0 radical (unpaired) electrons. The van der Waals surface area contributed by atoms with E-state index in [1.165, 1.54) is 19.3 Å². The Labute approximate surface area is 64.2 Å². The lowest BCUT2D eigenvalue weighted by Crippen LogP contribution is -2.32. The zero-order valence-electron chi connectivity index (χ0n) is 7.35. The predicted octanol–water partition coefficient (Wildman–Crippen LogP) is 2.17. The molecule has 0 aliphatic heterocycles. The Bertz CT molecular complexity index is 98.9. The van der Waals surface area contributed by atoms with E-state index in [2.05, 4.69) is 26.1 Å². The van der Waals surface area contributed by atoms with Crippen LogP contribution in [0.15, 0.2) is 0 Å². The molecule has 0 aromatic heterocycles. The van der Waals surface area contributed by atoms with Crippen molar-refractivity contribution in [1.29, 1.82) is 0 Å². The molecule has 2 atom stereocenters. The first kappa shape index (κ1) is 8.06. The molecule has 0 aromatic carbocycles. The molecule has 10 heavy (non-hydrogen) atoms. The van der Waals surface area contributed by atoms with Gasteiger partial charge >= 0.3 is 0 Å². The molecule has 1 N–H and O–H groups in total. The lowest BCUT2D eigenvalue weighted by Gasteiger charge is -2.14. The fraction of sp³-hybridized carbons (Fsp3) is 1.00. The number of hydrogen-bond acceptors (Lipinski definition) is 1. The molecule has 1 fully saturated rings. The lowest BCUT2D eigenvalue weighted by atomic mass is 10.1. The Hall–Kier alpha value is -0.0400. The van der Waals surface area contributed by atoms with Gasteiger partial charge in [-0.1, -0.05) is 20.8 Å². The van der Waals surface area contributed by atoms with E-state index in [9.17, 15) is 0 Å². The summed E-state index contributed by atoms with van der Waals surface area (Å²) < 4.78 is 0. The average molecular weight is 141 g/mol. The van der Waals surface area contributed by atoms with E-state index in [0.717, 1.165) is 12.0 Å². The molecule has 1 nitrogen and oxygen atoms in total. The Balaban J connectivity index is 2.18. The topological polar surface area (TPSA) is 12.0 Å². The molecule has 0 amide bonds. The van der Waals surface area contributed by atoms with Gasteiger partial charge in [-0.25, -0.2) is 0 Å². The second-order valence-corrected chi connectivity index (χ2v) is 3.94. The molecule has 1 aliphatic carbocycles. The van der Waals surface area contributed by atoms with E-state index in [4.69, 9.17) is 0 Å². The summed E-state index contributed by atoms with van der Waals surface area (Å²) in [6.45, 7) is 6.80. The molecular weight excluding hydrogens is 122 g/mol. The van der Waals surface area contributed by atoms with Crippen LogP contribution in [0.4, 0.5) is 0 Å². The van der Waals surface area contributed by atoms with Gasteiger partial charge in [0.2, 0.25) is 0 Å². The van der Waals surface area contributed by atoms with Crippen molar-refractivity contribution in [3.8, 4) is 0 Å². The predicted molar refractivity (Wildman–Crippen MR) is 45.1 cm³/mol. The van der Waals surface area contributed by atoms with Crippen LogP contribution in [0.5, 0.6) is 0 Å². The molecule has 0 saturated heterocycles. The monoisotopic (exact) mass is 141 g/mol. The summed E-state index contributed by atoms with van der Waals surface area (Å²) >= 11 is 0. The molecule has 0 heterocycles. The van der Waals surface area contributed by atoms with Crippen LogP contribution in [0.3, 0.4) is 0 Å². The molecular formula is C9H19N. The van der Waals surface area contributed by atoms with Crippen LogP contribution in [-0.4, -0.2) is 12.1 Å². The third-order valence-electron chi connectivity index (χ3n) is 2.26. The van der Waals surface area contributed by atoms with Crippen molar-refractivity contribution in [1.82, 2.24) is 5.32 Å². The van der Waals surface area contributed by atoms with Gasteiger partial charge in [-0.15, -0.1) is 0 Å². The summed E-state index contributed by atoms with van der Waals surface area (Å²) in [5.74, 6) is 0.955. The Morgan fingerprint density at radius 1 is 1.30 bits per heavy atom. The van der Waals surface area contributed by atoms with Crippen LogP contribution in [0.2, 0.25) is 0 Å². The van der Waals surface area contributed by atoms with Crippen molar-refractivity contribution < 1.29 is 0 Å². The molecule has 1 saturated carbocycles. The summed E-state index contributed by atoms with van der Waals surface area (Å²) in [6.07, 6.45) is 4.20. The molecule has 0 unspecified atom stereocenters. The smallest absolute Gasteiger partial charge is 0.00720 e. The second kappa shape index (κ2) is 3.38. The highest BCUT2D eigenvalue weighted by molar-refractivity contribution is 4.79. The first-order chi connectivity index (χ1) is 4.68. The maximum Gasteiger partial charge on any atom is 0.00720 e. The normalized spacial score (nSPS) is 33.6. The second-order valence-electron chi connectivity index (χ2n) is 3.94. The van der Waals surface area contributed by atoms with E-state index >= 15 is 0 Å². The van der Waals surface area contributed by atoms with E-state index in [-0.39, 0.29) is 0 Å². The van der Waals surface area contributed by atoms with Crippen LogP contribution in [0.25, 0.3) is 0 Å². The molecule has 0 bridgehead atoms. The highest BCUT2D eigenvalue weighted by Gasteiger charge is 2.20. The molecule has 1 aliphatic rings. The maximum atomic E-state index is 3.57. The van der Waals surface area contributed by atoms with Gasteiger partial charge in [-0.3, -0.25) is 0 Å². The first-order valence-electron chi connectivity index (χ1n) is 4.44. The van der Waals surface area contributed by atoms with Crippen molar-refractivity contribution >= 4 is 0 Å². The summed E-state index contributed by atoms with van der Waals surface area (Å²) in [5.41, 5.74) is 0. The summed E-state index contributed by atoms with van der Waals surface area (Å²) in [6, 6.07) is 1.48. The average Bonchev–Trinajstić information content (AvgIpc) is 2.13. The van der Waals surface area contributed by atoms with Crippen LogP contribution >= 0.6 is 0 Å². The lowest BCUT2D eigenvalue weighted by molar-refractivity contribution is 0.458. The van der Waals surface area contributed by atoms with E-state index in [1.807, 2.05) is 0 Å². The minimum Gasteiger partial charge on any atom is -0.312 e. The van der Waals surface area contributed by atoms with Crippen molar-refractivity contribution in [2.45, 2.75) is 52.1 Å². The quantitative estimate of drug-likeness (QED) is 0.621. The van der Waals surface area contributed by atoms with Crippen molar-refractivity contribution in [2.24, 2.45) is 5.92 Å². The van der Waals surface area contributed by atoms with Crippen molar-refractivity contribution in [2.75, 3.05) is 0 Å². The number of nitrogens with one attached hydrogen (secondary N) is 1. The molecule has 0 spiro atoms. The number of rotatable bonds is 2. The van der Waals surface area contributed by atoms with Crippen LogP contribution < -0.4 is 5.32 Å². The first-order valence-corrected chi connectivity index (χ1v) is 4.44. The third kappa shape index (κ3) is 2.30. The van der Waals surface area contributed by atoms with E-state index in [1.54, 1.807) is 0 Å². The molecule has 60 valence electrons. The highest BCUT2D eigenvalue weighted by atomic mass is 14.9. The van der Waals surface area contributed by atoms with Gasteiger partial charge in [0.05, 0.1) is 0 Å². The standard InChI is InChI=1S/C9H19N/c1-7(2)10-9-5-4-8(3)6-9/h7-10H,4-6H2,1-3H3/t8-,9-/m0/s1. The Morgan fingerprint density at radius 2 is 2.00 bits per heavy atom. The van der Waals surface area contributed by atoms with Gasteiger partial charge in [0, 0.05) is 12.1 Å². The SMILES string of the molecule is CC(C)N[C@H]1CC[C@H](C)C1. The zero-order chi connectivity index (χ0) is 7.56. The minimum absolute atomic E-state index is 0.662. The largest absolute Gasteiger partial charge is 0.312 e. The minimum atomic E-state index is 0.662. The van der Waals surface area contributed by atoms with Gasteiger partial charge in [-0.05, 0) is 25.2 Å². The van der Waals surface area contributed by atoms with Crippen molar-refractivity contribution in [3.63, 3.8) is 0 Å². The van der Waals surface area contributed by atoms with Crippen LogP contribution in [0, 0.1) is 5.92 Å². The summed E-state index contributed by atoms with van der Waals surface area (Å²) in [5, 5.41) is 3.57. The van der Waals surface area contributed by atoms with E-state index in [0.29, 0.717) is 6.04 Å². The fourth-order valence-corrected chi connectivity index (χ4v) is 1.83. The van der Waals surface area contributed by atoms with Crippen LogP contribution in [0.1, 0.15) is 40.0 Å². The van der Waals surface area contributed by atoms with Gasteiger partial charge in [0.15, 0.2) is 0 Å². The van der Waals surface area contributed by atoms with Crippen LogP contribution in [-0.2, 0) is 0 Å². The fourth-order valence-electron chi connectivity index (χ4n) is 1.83. The van der Waals surface area contributed by atoms with Gasteiger partial charge in [-0.2, -0.15) is 0 Å². The molecule has 0 aromatic rings.